The number of benzene rings is 1. The van der Waals surface area contributed by atoms with Gasteiger partial charge in [0.1, 0.15) is 11.6 Å². The molecule has 23 heavy (non-hydrogen) atoms. The lowest BCUT2D eigenvalue weighted by Gasteiger charge is -2.06. The van der Waals surface area contributed by atoms with Gasteiger partial charge in [-0.05, 0) is 12.1 Å². The van der Waals surface area contributed by atoms with Crippen LogP contribution in [0, 0.1) is 11.6 Å². The molecule has 0 aliphatic heterocycles. The highest BCUT2D eigenvalue weighted by molar-refractivity contribution is 7.99. The fourth-order valence-corrected chi connectivity index (χ4v) is 2.46. The SMILES string of the molecule is O=C(CSc1nc2nc[nH]c2c(=O)[nH]1)Nc1ccc(F)cc1F. The summed E-state index contributed by atoms with van der Waals surface area (Å²) in [5.74, 6) is -2.24. The van der Waals surface area contributed by atoms with Crippen molar-refractivity contribution in [2.45, 2.75) is 5.16 Å². The van der Waals surface area contributed by atoms with Crippen LogP contribution in [-0.4, -0.2) is 31.6 Å². The maximum Gasteiger partial charge on any atom is 0.277 e. The number of H-pyrrole nitrogens is 2. The number of carbonyl (C=O) groups is 1. The molecule has 0 fully saturated rings. The van der Waals surface area contributed by atoms with E-state index in [2.05, 4.69) is 25.3 Å². The summed E-state index contributed by atoms with van der Waals surface area (Å²) in [6.07, 6.45) is 1.34. The van der Waals surface area contributed by atoms with Crippen molar-refractivity contribution < 1.29 is 13.6 Å². The molecular formula is C13H9F2N5O2S. The van der Waals surface area contributed by atoms with Gasteiger partial charge in [0.2, 0.25) is 5.91 Å². The van der Waals surface area contributed by atoms with Crippen LogP contribution in [0.3, 0.4) is 0 Å². The van der Waals surface area contributed by atoms with Crippen molar-refractivity contribution in [2.24, 2.45) is 0 Å². The van der Waals surface area contributed by atoms with Crippen LogP contribution in [0.2, 0.25) is 0 Å². The third-order valence-electron chi connectivity index (χ3n) is 2.82. The minimum Gasteiger partial charge on any atom is -0.339 e. The van der Waals surface area contributed by atoms with E-state index in [0.717, 1.165) is 23.9 Å². The molecule has 0 aliphatic carbocycles. The fraction of sp³-hybridized carbons (Fsp3) is 0.0769. The third kappa shape index (κ3) is 3.37. The van der Waals surface area contributed by atoms with Gasteiger partial charge in [-0.1, -0.05) is 11.8 Å². The predicted octanol–water partition coefficient (Wildman–Crippen LogP) is 1.66. The summed E-state index contributed by atoms with van der Waals surface area (Å²) in [5.41, 5.74) is -0.0467. The van der Waals surface area contributed by atoms with Crippen LogP contribution in [0.4, 0.5) is 14.5 Å². The van der Waals surface area contributed by atoms with Gasteiger partial charge in [-0.3, -0.25) is 14.6 Å². The minimum absolute atomic E-state index is 0.115. The number of carbonyl (C=O) groups excluding carboxylic acids is 1. The predicted molar refractivity (Wildman–Crippen MR) is 80.2 cm³/mol. The average Bonchev–Trinajstić information content (AvgIpc) is 2.97. The van der Waals surface area contributed by atoms with Gasteiger partial charge >= 0.3 is 0 Å². The normalized spacial score (nSPS) is 10.9. The number of imidazole rings is 1. The molecule has 0 radical (unpaired) electrons. The molecular weight excluding hydrogens is 328 g/mol. The summed E-state index contributed by atoms with van der Waals surface area (Å²) < 4.78 is 26.2. The molecule has 7 nitrogen and oxygen atoms in total. The van der Waals surface area contributed by atoms with Crippen LogP contribution < -0.4 is 10.9 Å². The smallest absolute Gasteiger partial charge is 0.277 e. The first-order valence-corrected chi connectivity index (χ1v) is 7.32. The Hall–Kier alpha value is -2.75. The zero-order valence-electron chi connectivity index (χ0n) is 11.4. The molecule has 118 valence electrons. The lowest BCUT2D eigenvalue weighted by Crippen LogP contribution is -2.16. The Kier molecular flexibility index (Phi) is 4.06. The van der Waals surface area contributed by atoms with Gasteiger partial charge in [0.05, 0.1) is 17.8 Å². The molecule has 0 aliphatic rings. The Bertz CT molecular complexity index is 940. The fourth-order valence-electron chi connectivity index (χ4n) is 1.80. The average molecular weight is 337 g/mol. The molecule has 2 aromatic heterocycles. The van der Waals surface area contributed by atoms with E-state index in [1.807, 2.05) is 0 Å². The number of halogens is 2. The van der Waals surface area contributed by atoms with Gasteiger partial charge in [0.25, 0.3) is 5.56 Å². The lowest BCUT2D eigenvalue weighted by atomic mass is 10.3. The van der Waals surface area contributed by atoms with Crippen molar-refractivity contribution in [2.75, 3.05) is 11.1 Å². The minimum atomic E-state index is -0.868. The number of nitrogens with one attached hydrogen (secondary N) is 3. The molecule has 0 atom stereocenters. The van der Waals surface area contributed by atoms with Gasteiger partial charge in [-0.15, -0.1) is 0 Å². The summed E-state index contributed by atoms with van der Waals surface area (Å²) in [6, 6.07) is 2.84. The van der Waals surface area contributed by atoms with E-state index in [0.29, 0.717) is 6.07 Å². The van der Waals surface area contributed by atoms with E-state index < -0.39 is 23.1 Å². The zero-order chi connectivity index (χ0) is 16.4. The molecule has 0 spiro atoms. The van der Waals surface area contributed by atoms with Crippen molar-refractivity contribution in [1.82, 2.24) is 19.9 Å². The van der Waals surface area contributed by atoms with Crippen LogP contribution in [0.5, 0.6) is 0 Å². The summed E-state index contributed by atoms with van der Waals surface area (Å²) in [6.45, 7) is 0. The molecule has 3 aromatic rings. The van der Waals surface area contributed by atoms with Gasteiger partial charge in [0.15, 0.2) is 16.3 Å². The maximum atomic E-state index is 13.4. The number of hydrogen-bond acceptors (Lipinski definition) is 5. The van der Waals surface area contributed by atoms with Crippen LogP contribution in [0.1, 0.15) is 0 Å². The Morgan fingerprint density at radius 1 is 1.35 bits per heavy atom. The largest absolute Gasteiger partial charge is 0.339 e. The molecule has 0 unspecified atom stereocenters. The second-order valence-corrected chi connectivity index (χ2v) is 5.40. The van der Waals surface area contributed by atoms with E-state index >= 15 is 0 Å². The molecule has 1 amide bonds. The van der Waals surface area contributed by atoms with E-state index in [1.165, 1.54) is 6.33 Å². The van der Waals surface area contributed by atoms with Crippen LogP contribution in [0.15, 0.2) is 34.5 Å². The van der Waals surface area contributed by atoms with E-state index in [1.54, 1.807) is 0 Å². The number of rotatable bonds is 4. The second-order valence-electron chi connectivity index (χ2n) is 4.43. The van der Waals surface area contributed by atoms with E-state index in [-0.39, 0.29) is 27.8 Å². The molecule has 2 heterocycles. The van der Waals surface area contributed by atoms with E-state index in [9.17, 15) is 18.4 Å². The molecule has 0 saturated carbocycles. The van der Waals surface area contributed by atoms with Gasteiger partial charge in [-0.2, -0.15) is 0 Å². The summed E-state index contributed by atoms with van der Waals surface area (Å²) in [7, 11) is 0. The van der Waals surface area contributed by atoms with Crippen molar-refractivity contribution in [1.29, 1.82) is 0 Å². The highest BCUT2D eigenvalue weighted by atomic mass is 32.2. The first kappa shape index (κ1) is 15.2. The number of aromatic amines is 2. The number of aromatic nitrogens is 4. The Labute approximate surface area is 131 Å². The number of thioether (sulfide) groups is 1. The van der Waals surface area contributed by atoms with E-state index in [4.69, 9.17) is 0 Å². The summed E-state index contributed by atoms with van der Waals surface area (Å²) >= 11 is 0.960. The second kappa shape index (κ2) is 6.16. The monoisotopic (exact) mass is 337 g/mol. The Morgan fingerprint density at radius 3 is 2.96 bits per heavy atom. The molecule has 3 rings (SSSR count). The van der Waals surface area contributed by atoms with Crippen molar-refractivity contribution in [3.63, 3.8) is 0 Å². The topological polar surface area (TPSA) is 104 Å². The highest BCUT2D eigenvalue weighted by Gasteiger charge is 2.11. The third-order valence-corrected chi connectivity index (χ3v) is 3.69. The van der Waals surface area contributed by atoms with Crippen LogP contribution in [-0.2, 0) is 4.79 Å². The highest BCUT2D eigenvalue weighted by Crippen LogP contribution is 2.17. The summed E-state index contributed by atoms with van der Waals surface area (Å²) in [4.78, 5) is 36.6. The number of nitrogens with zero attached hydrogens (tertiary/aromatic N) is 2. The molecule has 0 saturated heterocycles. The van der Waals surface area contributed by atoms with Crippen molar-refractivity contribution in [3.05, 3.63) is 46.5 Å². The standard InChI is InChI=1S/C13H9F2N5O2S/c14-6-1-2-8(7(15)3-6)18-9(21)4-23-13-19-11-10(12(22)20-13)16-5-17-11/h1-3,5H,4H2,(H,18,21)(H2,16,17,19,20,22). The first-order chi connectivity index (χ1) is 11.0. The molecule has 1 aromatic carbocycles. The molecule has 3 N–H and O–H groups in total. The Balaban J connectivity index is 1.67. The van der Waals surface area contributed by atoms with Crippen molar-refractivity contribution >= 4 is 34.5 Å². The van der Waals surface area contributed by atoms with Gasteiger partial charge in [0, 0.05) is 6.07 Å². The first-order valence-electron chi connectivity index (χ1n) is 6.34. The van der Waals surface area contributed by atoms with Crippen LogP contribution in [0.25, 0.3) is 11.2 Å². The Morgan fingerprint density at radius 2 is 2.17 bits per heavy atom. The molecule has 10 heteroatoms. The van der Waals surface area contributed by atoms with Gasteiger partial charge < -0.3 is 10.3 Å². The van der Waals surface area contributed by atoms with Crippen molar-refractivity contribution in [3.8, 4) is 0 Å². The number of hydrogen-bond donors (Lipinski definition) is 3. The number of amides is 1. The quantitative estimate of drug-likeness (QED) is 0.496. The van der Waals surface area contributed by atoms with Gasteiger partial charge in [-0.25, -0.2) is 18.7 Å². The molecule has 0 bridgehead atoms. The number of fused-ring (bicyclic) bond motifs is 1. The lowest BCUT2D eigenvalue weighted by molar-refractivity contribution is -0.113. The van der Waals surface area contributed by atoms with Crippen LogP contribution >= 0.6 is 11.8 Å². The zero-order valence-corrected chi connectivity index (χ0v) is 12.2. The summed E-state index contributed by atoms with van der Waals surface area (Å²) in [5, 5.41) is 2.52. The maximum absolute atomic E-state index is 13.4. The number of anilines is 1.